The number of aryl methyl sites for hydroxylation is 1. The second-order valence-corrected chi connectivity index (χ2v) is 8.05. The average Bonchev–Trinajstić information content (AvgIpc) is 3.35. The Morgan fingerprint density at radius 1 is 1.13 bits per heavy atom. The van der Waals surface area contributed by atoms with Gasteiger partial charge in [0.2, 0.25) is 12.7 Å². The number of hydrogen-bond acceptors (Lipinski definition) is 6. The lowest BCUT2D eigenvalue weighted by atomic mass is 10.1. The monoisotopic (exact) mass is 422 g/mol. The number of amides is 1. The van der Waals surface area contributed by atoms with Crippen LogP contribution < -0.4 is 14.8 Å². The molecule has 1 amide bonds. The topological polar surface area (TPSA) is 77.2 Å². The van der Waals surface area contributed by atoms with E-state index in [4.69, 9.17) is 9.47 Å². The van der Waals surface area contributed by atoms with Gasteiger partial charge >= 0.3 is 0 Å². The summed E-state index contributed by atoms with van der Waals surface area (Å²) in [6, 6.07) is 13.5. The second-order valence-electron chi connectivity index (χ2n) is 6.88. The van der Waals surface area contributed by atoms with Crippen molar-refractivity contribution in [1.82, 2.24) is 4.57 Å². The molecule has 0 unspecified atom stereocenters. The minimum atomic E-state index is -0.122. The number of carbonyl (C=O) groups is 1. The molecule has 0 saturated carbocycles. The Balaban J connectivity index is 1.36. The van der Waals surface area contributed by atoms with Crippen LogP contribution >= 0.6 is 11.8 Å². The largest absolute Gasteiger partial charge is 0.454 e. The van der Waals surface area contributed by atoms with Crippen LogP contribution in [0.5, 0.6) is 11.5 Å². The first-order valence-corrected chi connectivity index (χ1v) is 10.5. The van der Waals surface area contributed by atoms with Gasteiger partial charge in [-0.2, -0.15) is 5.10 Å². The Hall–Kier alpha value is -3.26. The van der Waals surface area contributed by atoms with Crippen molar-refractivity contribution in [1.29, 1.82) is 0 Å². The molecule has 2 heterocycles. The van der Waals surface area contributed by atoms with E-state index in [9.17, 15) is 4.79 Å². The van der Waals surface area contributed by atoms with Gasteiger partial charge in [-0.25, -0.2) is 0 Å². The molecule has 4 rings (SSSR count). The zero-order chi connectivity index (χ0) is 21.1. The Kier molecular flexibility index (Phi) is 5.76. The van der Waals surface area contributed by atoms with E-state index in [1.807, 2.05) is 33.0 Å². The summed E-state index contributed by atoms with van der Waals surface area (Å²) in [7, 11) is 2.02. The first-order chi connectivity index (χ1) is 14.5. The summed E-state index contributed by atoms with van der Waals surface area (Å²) in [4.78, 5) is 12.2. The van der Waals surface area contributed by atoms with E-state index in [1.54, 1.807) is 18.2 Å². The van der Waals surface area contributed by atoms with Crippen molar-refractivity contribution >= 4 is 45.0 Å². The standard InChI is InChI=1S/C22H22N4O3S/c1-14(18-11-26(3)19-7-5-4-6-17(18)19)24-25-15(2)30-12-22(27)23-16-8-9-20-21(10-16)29-13-28-20/h4-11H,12-13H2,1-3H3,(H,23,27)/b24-14+,25-15+. The molecule has 0 atom stereocenters. The fraction of sp³-hybridized carbons (Fsp3) is 0.227. The highest BCUT2D eigenvalue weighted by molar-refractivity contribution is 8.14. The Morgan fingerprint density at radius 2 is 1.93 bits per heavy atom. The van der Waals surface area contributed by atoms with Crippen molar-refractivity contribution < 1.29 is 14.3 Å². The number of para-hydroxylation sites is 1. The normalized spacial score (nSPS) is 13.7. The molecular weight excluding hydrogens is 400 g/mol. The molecule has 154 valence electrons. The predicted molar refractivity (Wildman–Crippen MR) is 122 cm³/mol. The second kappa shape index (κ2) is 8.62. The van der Waals surface area contributed by atoms with Crippen LogP contribution in [-0.2, 0) is 11.8 Å². The molecule has 1 aliphatic rings. The number of nitrogens with one attached hydrogen (secondary N) is 1. The van der Waals surface area contributed by atoms with Crippen LogP contribution in [0.25, 0.3) is 10.9 Å². The summed E-state index contributed by atoms with van der Waals surface area (Å²) < 4.78 is 12.7. The van der Waals surface area contributed by atoms with E-state index in [1.165, 1.54) is 11.8 Å². The van der Waals surface area contributed by atoms with Crippen molar-refractivity contribution in [3.05, 3.63) is 54.2 Å². The summed E-state index contributed by atoms with van der Waals surface area (Å²) >= 11 is 1.34. The van der Waals surface area contributed by atoms with Gasteiger partial charge in [0.25, 0.3) is 0 Å². The van der Waals surface area contributed by atoms with Crippen molar-refractivity contribution in [2.24, 2.45) is 17.3 Å². The Labute approximate surface area is 178 Å². The van der Waals surface area contributed by atoms with Crippen LogP contribution in [-0.4, -0.2) is 33.8 Å². The third kappa shape index (κ3) is 4.33. The molecule has 0 aliphatic carbocycles. The maximum Gasteiger partial charge on any atom is 0.234 e. The SMILES string of the molecule is C/C(=N\N=C(/C)c1cn(C)c2ccccc12)SCC(=O)Nc1ccc2c(c1)OCO2. The molecule has 30 heavy (non-hydrogen) atoms. The zero-order valence-corrected chi connectivity index (χ0v) is 17.8. The number of aromatic nitrogens is 1. The molecule has 0 spiro atoms. The smallest absolute Gasteiger partial charge is 0.234 e. The number of hydrogen-bond donors (Lipinski definition) is 1. The number of rotatable bonds is 5. The molecule has 0 saturated heterocycles. The highest BCUT2D eigenvalue weighted by Gasteiger charge is 2.14. The first kappa shape index (κ1) is 20.0. The van der Waals surface area contributed by atoms with Crippen molar-refractivity contribution in [2.75, 3.05) is 17.9 Å². The van der Waals surface area contributed by atoms with E-state index in [0.29, 0.717) is 17.2 Å². The molecule has 2 aromatic carbocycles. The highest BCUT2D eigenvalue weighted by Crippen LogP contribution is 2.34. The van der Waals surface area contributed by atoms with Crippen LogP contribution in [0.2, 0.25) is 0 Å². The Bertz CT molecular complexity index is 1170. The van der Waals surface area contributed by atoms with E-state index >= 15 is 0 Å². The maximum atomic E-state index is 12.2. The predicted octanol–water partition coefficient (Wildman–Crippen LogP) is 4.42. The van der Waals surface area contributed by atoms with Crippen molar-refractivity contribution in [3.63, 3.8) is 0 Å². The molecule has 0 radical (unpaired) electrons. The summed E-state index contributed by atoms with van der Waals surface area (Å²) in [6.45, 7) is 3.99. The molecule has 1 N–H and O–H groups in total. The van der Waals surface area contributed by atoms with Crippen LogP contribution in [0.4, 0.5) is 5.69 Å². The summed E-state index contributed by atoms with van der Waals surface area (Å²) in [5, 5.41) is 13.4. The summed E-state index contributed by atoms with van der Waals surface area (Å²) in [5.74, 6) is 1.44. The number of fused-ring (bicyclic) bond motifs is 2. The van der Waals surface area contributed by atoms with Gasteiger partial charge in [0.1, 0.15) is 0 Å². The van der Waals surface area contributed by atoms with Gasteiger partial charge in [-0.1, -0.05) is 30.0 Å². The van der Waals surface area contributed by atoms with E-state index in [0.717, 1.165) is 27.2 Å². The molecule has 0 bridgehead atoms. The molecule has 3 aromatic rings. The van der Waals surface area contributed by atoms with E-state index in [-0.39, 0.29) is 18.5 Å². The fourth-order valence-electron chi connectivity index (χ4n) is 3.20. The number of carbonyl (C=O) groups excluding carboxylic acids is 1. The van der Waals surface area contributed by atoms with Crippen LogP contribution in [0.1, 0.15) is 19.4 Å². The van der Waals surface area contributed by atoms with Gasteiger partial charge in [-0.3, -0.25) is 4.79 Å². The summed E-state index contributed by atoms with van der Waals surface area (Å²) in [5.41, 5.74) is 3.70. The third-order valence-corrected chi connectivity index (χ3v) is 5.60. The minimum Gasteiger partial charge on any atom is -0.454 e. The van der Waals surface area contributed by atoms with Crippen LogP contribution in [0, 0.1) is 0 Å². The number of benzene rings is 2. The fourth-order valence-corrected chi connectivity index (χ4v) is 3.71. The van der Waals surface area contributed by atoms with E-state index < -0.39 is 0 Å². The highest BCUT2D eigenvalue weighted by atomic mass is 32.2. The lowest BCUT2D eigenvalue weighted by Crippen LogP contribution is -2.14. The minimum absolute atomic E-state index is 0.122. The Morgan fingerprint density at radius 3 is 2.80 bits per heavy atom. The zero-order valence-electron chi connectivity index (χ0n) is 17.0. The van der Waals surface area contributed by atoms with Gasteiger partial charge in [-0.15, -0.1) is 5.10 Å². The first-order valence-electron chi connectivity index (χ1n) is 9.47. The molecule has 1 aromatic heterocycles. The van der Waals surface area contributed by atoms with Gasteiger partial charge < -0.3 is 19.4 Å². The number of ether oxygens (including phenoxy) is 2. The van der Waals surface area contributed by atoms with Crippen LogP contribution in [0.3, 0.4) is 0 Å². The van der Waals surface area contributed by atoms with Gasteiger partial charge in [-0.05, 0) is 32.0 Å². The van der Waals surface area contributed by atoms with Gasteiger partial charge in [0.05, 0.1) is 16.5 Å². The van der Waals surface area contributed by atoms with Gasteiger partial charge in [0.15, 0.2) is 11.5 Å². The summed E-state index contributed by atoms with van der Waals surface area (Å²) in [6.07, 6.45) is 2.06. The third-order valence-electron chi connectivity index (χ3n) is 4.70. The van der Waals surface area contributed by atoms with Gasteiger partial charge in [0, 0.05) is 41.5 Å². The quantitative estimate of drug-likeness (QED) is 0.375. The number of nitrogens with zero attached hydrogens (tertiary/aromatic N) is 3. The number of thioether (sulfide) groups is 1. The molecule has 8 heteroatoms. The van der Waals surface area contributed by atoms with Crippen LogP contribution in [0.15, 0.2) is 58.9 Å². The maximum absolute atomic E-state index is 12.2. The van der Waals surface area contributed by atoms with E-state index in [2.05, 4.69) is 38.4 Å². The molecule has 0 fully saturated rings. The average molecular weight is 423 g/mol. The molecule has 1 aliphatic heterocycles. The molecular formula is C22H22N4O3S. The number of anilines is 1. The molecule has 7 nitrogen and oxygen atoms in total. The van der Waals surface area contributed by atoms with Crippen molar-refractivity contribution in [2.45, 2.75) is 13.8 Å². The lowest BCUT2D eigenvalue weighted by Gasteiger charge is -2.05. The van der Waals surface area contributed by atoms with Crippen molar-refractivity contribution in [3.8, 4) is 11.5 Å². The lowest BCUT2D eigenvalue weighted by molar-refractivity contribution is -0.113.